The van der Waals surface area contributed by atoms with Gasteiger partial charge in [0.1, 0.15) is 28.2 Å². The molecule has 0 bridgehead atoms. The van der Waals surface area contributed by atoms with Crippen LogP contribution in [0.5, 0.6) is 11.5 Å². The van der Waals surface area contributed by atoms with E-state index in [1.807, 2.05) is 41.3 Å². The molecule has 2 heterocycles. The van der Waals surface area contributed by atoms with Crippen LogP contribution in [0.4, 0.5) is 28.4 Å². The van der Waals surface area contributed by atoms with E-state index in [0.29, 0.717) is 40.3 Å². The number of carbonyl (C=O) groups is 2. The first-order valence-electron chi connectivity index (χ1n) is 16.2. The van der Waals surface area contributed by atoms with Gasteiger partial charge < -0.3 is 25.3 Å². The van der Waals surface area contributed by atoms with Gasteiger partial charge in [0, 0.05) is 23.2 Å². The van der Waals surface area contributed by atoms with Crippen LogP contribution >= 0.6 is 0 Å². The maximum atomic E-state index is 12.1. The first kappa shape index (κ1) is 33.9. The molecule has 13 nitrogen and oxygen atoms in total. The Morgan fingerprint density at radius 3 is 1.55 bits per heavy atom. The first-order valence-corrected chi connectivity index (χ1v) is 16.2. The summed E-state index contributed by atoms with van der Waals surface area (Å²) in [5.41, 5.74) is 1.91. The number of rotatable bonds is 11. The standard InChI is InChI=1S/C40H29N7O6/c48-37-31(39(50)51)19-24-9-1-3-13-29(24)35(37)45-43-26-15-16-34(47(22-27-11-5-7-17-41-27)23-28-12-6-8-18-42-28)33(21-26)44-46-36-30-14-4-2-10-25(30)20-32(38(36)49)40(52)53/h1-21,48-49H,22-23H2,(H,50,51)(H,52,53)/b45-43+,46-44+. The summed E-state index contributed by atoms with van der Waals surface area (Å²) in [5.74, 6) is -3.72. The third-order valence-electron chi connectivity index (χ3n) is 8.43. The molecule has 4 N–H and O–H groups in total. The second-order valence-electron chi connectivity index (χ2n) is 11.9. The van der Waals surface area contributed by atoms with Gasteiger partial charge in [-0.05, 0) is 65.4 Å². The van der Waals surface area contributed by atoms with Gasteiger partial charge in [-0.2, -0.15) is 5.11 Å². The van der Waals surface area contributed by atoms with Crippen molar-refractivity contribution in [2.75, 3.05) is 4.90 Å². The third-order valence-corrected chi connectivity index (χ3v) is 8.43. The molecule has 0 radical (unpaired) electrons. The molecule has 13 heteroatoms. The van der Waals surface area contributed by atoms with Gasteiger partial charge in [-0.15, -0.1) is 15.3 Å². The monoisotopic (exact) mass is 703 g/mol. The molecule has 0 atom stereocenters. The van der Waals surface area contributed by atoms with Crippen LogP contribution in [0.1, 0.15) is 32.1 Å². The maximum absolute atomic E-state index is 12.1. The smallest absolute Gasteiger partial charge is 0.339 e. The lowest BCUT2D eigenvalue weighted by Gasteiger charge is -2.25. The Hall–Kier alpha value is -7.54. The zero-order chi connectivity index (χ0) is 36.9. The van der Waals surface area contributed by atoms with Crippen molar-refractivity contribution in [1.82, 2.24) is 9.97 Å². The molecule has 2 aromatic heterocycles. The van der Waals surface area contributed by atoms with Gasteiger partial charge in [-0.3, -0.25) is 9.97 Å². The maximum Gasteiger partial charge on any atom is 0.339 e. The summed E-state index contributed by atoms with van der Waals surface area (Å²) >= 11 is 0. The van der Waals surface area contributed by atoms with E-state index in [-0.39, 0.29) is 33.9 Å². The van der Waals surface area contributed by atoms with Crippen molar-refractivity contribution in [3.63, 3.8) is 0 Å². The quantitative estimate of drug-likeness (QED) is 0.0949. The number of azo groups is 2. The second kappa shape index (κ2) is 14.7. The molecule has 53 heavy (non-hydrogen) atoms. The molecule has 7 aromatic rings. The Kier molecular flexibility index (Phi) is 9.44. The number of fused-ring (bicyclic) bond motifs is 2. The van der Waals surface area contributed by atoms with Gasteiger partial charge in [0.2, 0.25) is 0 Å². The van der Waals surface area contributed by atoms with Gasteiger partial charge in [-0.1, -0.05) is 60.7 Å². The van der Waals surface area contributed by atoms with Crippen molar-refractivity contribution >= 4 is 61.9 Å². The summed E-state index contributed by atoms with van der Waals surface area (Å²) in [6.07, 6.45) is 3.39. The van der Waals surface area contributed by atoms with E-state index in [4.69, 9.17) is 0 Å². The predicted molar refractivity (Wildman–Crippen MR) is 198 cm³/mol. The molecular formula is C40H29N7O6. The summed E-state index contributed by atoms with van der Waals surface area (Å²) in [7, 11) is 0. The van der Waals surface area contributed by atoms with Gasteiger partial charge in [-0.25, -0.2) is 9.59 Å². The second-order valence-corrected chi connectivity index (χ2v) is 11.9. The molecule has 0 unspecified atom stereocenters. The minimum Gasteiger partial charge on any atom is -0.505 e. The molecule has 0 saturated heterocycles. The molecule has 0 fully saturated rings. The zero-order valence-corrected chi connectivity index (χ0v) is 27.8. The normalized spacial score (nSPS) is 11.5. The summed E-state index contributed by atoms with van der Waals surface area (Å²) < 4.78 is 0. The van der Waals surface area contributed by atoms with Crippen LogP contribution in [0.2, 0.25) is 0 Å². The lowest BCUT2D eigenvalue weighted by Crippen LogP contribution is -2.23. The van der Waals surface area contributed by atoms with Crippen LogP contribution in [0.15, 0.2) is 148 Å². The van der Waals surface area contributed by atoms with Crippen LogP contribution in [0.3, 0.4) is 0 Å². The van der Waals surface area contributed by atoms with Gasteiger partial charge in [0.05, 0.1) is 35.9 Å². The minimum absolute atomic E-state index is 0.0263. The van der Waals surface area contributed by atoms with E-state index in [0.717, 1.165) is 11.4 Å². The molecule has 260 valence electrons. The topological polar surface area (TPSA) is 194 Å². The molecule has 0 aliphatic rings. The number of nitrogens with zero attached hydrogens (tertiary/aromatic N) is 7. The number of carboxylic acid groups (broad SMARTS) is 2. The van der Waals surface area contributed by atoms with Crippen LogP contribution in [-0.4, -0.2) is 42.3 Å². The fourth-order valence-corrected chi connectivity index (χ4v) is 5.90. The minimum atomic E-state index is -1.33. The summed E-state index contributed by atoms with van der Waals surface area (Å²) in [5, 5.41) is 61.3. The average molecular weight is 704 g/mol. The number of pyridine rings is 2. The molecular weight excluding hydrogens is 674 g/mol. The average Bonchev–Trinajstić information content (AvgIpc) is 3.17. The highest BCUT2D eigenvalue weighted by molar-refractivity contribution is 6.05. The zero-order valence-electron chi connectivity index (χ0n) is 27.8. The lowest BCUT2D eigenvalue weighted by atomic mass is 10.0. The van der Waals surface area contributed by atoms with Crippen molar-refractivity contribution in [2.45, 2.75) is 13.1 Å². The van der Waals surface area contributed by atoms with Crippen LogP contribution < -0.4 is 4.90 Å². The number of hydrogen-bond donors (Lipinski definition) is 4. The molecule has 0 amide bonds. The Labute approximate surface area is 301 Å². The number of phenols is 2. The molecule has 0 spiro atoms. The highest BCUT2D eigenvalue weighted by atomic mass is 16.4. The Morgan fingerprint density at radius 1 is 0.566 bits per heavy atom. The largest absolute Gasteiger partial charge is 0.505 e. The SMILES string of the molecule is O=C(O)c1cc2ccccc2c(/N=N/c2ccc(N(Cc3ccccn3)Cc3ccccn3)c(/N=N/c3c(O)c(C(=O)O)cc4ccccc34)c2)c1O. The van der Waals surface area contributed by atoms with E-state index in [9.17, 15) is 30.0 Å². The molecule has 7 rings (SSSR count). The molecule has 5 aromatic carbocycles. The van der Waals surface area contributed by atoms with E-state index in [1.54, 1.807) is 79.1 Å². The summed E-state index contributed by atoms with van der Waals surface area (Å²) in [4.78, 5) is 35.0. The molecule has 0 aliphatic carbocycles. The van der Waals surface area contributed by atoms with Crippen molar-refractivity contribution in [2.24, 2.45) is 20.5 Å². The van der Waals surface area contributed by atoms with Crippen LogP contribution in [0, 0.1) is 0 Å². The highest BCUT2D eigenvalue weighted by Gasteiger charge is 2.20. The Balaban J connectivity index is 1.39. The first-order chi connectivity index (χ1) is 25.8. The van der Waals surface area contributed by atoms with Crippen molar-refractivity contribution in [1.29, 1.82) is 0 Å². The number of aromatic nitrogens is 2. The van der Waals surface area contributed by atoms with Crippen molar-refractivity contribution in [3.8, 4) is 11.5 Å². The molecule has 0 aliphatic heterocycles. The number of aromatic hydroxyl groups is 2. The van der Waals surface area contributed by atoms with E-state index in [2.05, 4.69) is 30.4 Å². The fraction of sp³-hybridized carbons (Fsp3) is 0.0500. The lowest BCUT2D eigenvalue weighted by molar-refractivity contribution is 0.0682. The molecule has 0 saturated carbocycles. The summed E-state index contributed by atoms with van der Waals surface area (Å²) in [6.45, 7) is 0.677. The highest BCUT2D eigenvalue weighted by Crippen LogP contribution is 2.43. The Morgan fingerprint density at radius 2 is 1.06 bits per heavy atom. The van der Waals surface area contributed by atoms with E-state index < -0.39 is 23.4 Å². The van der Waals surface area contributed by atoms with Crippen molar-refractivity contribution in [3.05, 3.63) is 150 Å². The number of aromatic carboxylic acids is 2. The van der Waals surface area contributed by atoms with Crippen LogP contribution in [0.25, 0.3) is 21.5 Å². The van der Waals surface area contributed by atoms with Gasteiger partial charge in [0.25, 0.3) is 0 Å². The van der Waals surface area contributed by atoms with E-state index >= 15 is 0 Å². The summed E-state index contributed by atoms with van der Waals surface area (Å²) in [6, 6.07) is 32.8. The van der Waals surface area contributed by atoms with Crippen molar-refractivity contribution < 1.29 is 30.0 Å². The van der Waals surface area contributed by atoms with Gasteiger partial charge >= 0.3 is 11.9 Å². The predicted octanol–water partition coefficient (Wildman–Crippen LogP) is 9.63. The van der Waals surface area contributed by atoms with Crippen LogP contribution in [-0.2, 0) is 13.1 Å². The van der Waals surface area contributed by atoms with E-state index in [1.165, 1.54) is 12.1 Å². The van der Waals surface area contributed by atoms with Gasteiger partial charge in [0.15, 0.2) is 11.5 Å². The number of anilines is 1. The Bertz CT molecular complexity index is 2520. The number of carboxylic acids is 2. The third kappa shape index (κ3) is 7.21. The number of hydrogen-bond acceptors (Lipinski definition) is 11. The number of benzene rings is 5. The fourth-order valence-electron chi connectivity index (χ4n) is 5.90.